The van der Waals surface area contributed by atoms with Crippen molar-refractivity contribution >= 4 is 11.7 Å². The summed E-state index contributed by atoms with van der Waals surface area (Å²) in [6, 6.07) is 10.9. The molecule has 0 radical (unpaired) electrons. The van der Waals surface area contributed by atoms with E-state index in [1.165, 1.54) is 7.11 Å². The minimum absolute atomic E-state index is 0.253. The largest absolute Gasteiger partial charge is 0.493 e. The molecule has 0 fully saturated rings. The Kier molecular flexibility index (Phi) is 5.66. The maximum atomic E-state index is 12.6. The molecule has 0 aliphatic rings. The number of anilines is 1. The Labute approximate surface area is 158 Å². The molecule has 27 heavy (non-hydrogen) atoms. The van der Waals surface area contributed by atoms with Gasteiger partial charge in [0.15, 0.2) is 11.6 Å². The predicted octanol–water partition coefficient (Wildman–Crippen LogP) is 3.93. The van der Waals surface area contributed by atoms with Gasteiger partial charge < -0.3 is 14.8 Å². The number of aryl methyl sites for hydroxylation is 2. The number of ether oxygens (including phenoxy) is 2. The van der Waals surface area contributed by atoms with Gasteiger partial charge in [-0.2, -0.15) is 0 Å². The summed E-state index contributed by atoms with van der Waals surface area (Å²) in [5, 5.41) is 2.79. The van der Waals surface area contributed by atoms with Crippen LogP contribution in [0, 0.1) is 13.8 Å². The van der Waals surface area contributed by atoms with E-state index in [1.54, 1.807) is 42.9 Å². The van der Waals surface area contributed by atoms with Crippen LogP contribution in [-0.2, 0) is 6.61 Å². The number of carbonyl (C=O) groups is 1. The number of aromatic nitrogens is 2. The lowest BCUT2D eigenvalue weighted by Crippen LogP contribution is -2.14. The van der Waals surface area contributed by atoms with Gasteiger partial charge in [-0.25, -0.2) is 4.98 Å². The SMILES string of the molecule is COc1cccnc1NC(=O)c1cc(C)c(OCc2cccnc2)c(C)c1. The molecule has 6 nitrogen and oxygen atoms in total. The lowest BCUT2D eigenvalue weighted by Gasteiger charge is -2.14. The molecule has 3 rings (SSSR count). The van der Waals surface area contributed by atoms with Crippen molar-refractivity contribution in [2.75, 3.05) is 12.4 Å². The molecule has 0 spiro atoms. The molecule has 6 heteroatoms. The van der Waals surface area contributed by atoms with Crippen molar-refractivity contribution in [3.05, 3.63) is 77.2 Å². The summed E-state index contributed by atoms with van der Waals surface area (Å²) in [5.41, 5.74) is 3.29. The second-order valence-corrected chi connectivity index (χ2v) is 6.10. The van der Waals surface area contributed by atoms with Gasteiger partial charge in [-0.1, -0.05) is 6.07 Å². The summed E-state index contributed by atoms with van der Waals surface area (Å²) >= 11 is 0. The van der Waals surface area contributed by atoms with Crippen molar-refractivity contribution in [1.82, 2.24) is 9.97 Å². The zero-order valence-corrected chi connectivity index (χ0v) is 15.5. The molecular weight excluding hydrogens is 342 g/mol. The summed E-state index contributed by atoms with van der Waals surface area (Å²) in [4.78, 5) is 20.9. The molecule has 0 aliphatic heterocycles. The fourth-order valence-electron chi connectivity index (χ4n) is 2.78. The van der Waals surface area contributed by atoms with Gasteiger partial charge in [0.1, 0.15) is 12.4 Å². The van der Waals surface area contributed by atoms with Gasteiger partial charge in [-0.15, -0.1) is 0 Å². The molecule has 138 valence electrons. The molecular formula is C21H21N3O3. The average Bonchev–Trinajstić information content (AvgIpc) is 2.68. The number of nitrogens with zero attached hydrogens (tertiary/aromatic N) is 2. The molecule has 0 aliphatic carbocycles. The van der Waals surface area contributed by atoms with Gasteiger partial charge in [-0.05, 0) is 55.3 Å². The number of carbonyl (C=O) groups excluding carboxylic acids is 1. The van der Waals surface area contributed by atoms with Gasteiger partial charge in [0.2, 0.25) is 0 Å². The molecule has 0 saturated carbocycles. The van der Waals surface area contributed by atoms with Crippen LogP contribution in [0.25, 0.3) is 0 Å². The highest BCUT2D eigenvalue weighted by Gasteiger charge is 2.14. The van der Waals surface area contributed by atoms with Crippen LogP contribution in [0.3, 0.4) is 0 Å². The number of nitrogens with one attached hydrogen (secondary N) is 1. The Hall–Kier alpha value is -3.41. The van der Waals surface area contributed by atoms with E-state index in [-0.39, 0.29) is 5.91 Å². The smallest absolute Gasteiger partial charge is 0.256 e. The summed E-state index contributed by atoms with van der Waals surface area (Å²) in [5.74, 6) is 1.41. The van der Waals surface area contributed by atoms with E-state index in [0.29, 0.717) is 23.7 Å². The number of pyridine rings is 2. The summed E-state index contributed by atoms with van der Waals surface area (Å²) < 4.78 is 11.2. The highest BCUT2D eigenvalue weighted by atomic mass is 16.5. The van der Waals surface area contributed by atoms with Gasteiger partial charge in [0.05, 0.1) is 7.11 Å². The average molecular weight is 363 g/mol. The van der Waals surface area contributed by atoms with Crippen LogP contribution < -0.4 is 14.8 Å². The van der Waals surface area contributed by atoms with Crippen LogP contribution in [0.2, 0.25) is 0 Å². The van der Waals surface area contributed by atoms with Crippen molar-refractivity contribution in [3.63, 3.8) is 0 Å². The third-order valence-electron chi connectivity index (χ3n) is 4.05. The Morgan fingerprint density at radius 2 is 1.85 bits per heavy atom. The fraction of sp³-hybridized carbons (Fsp3) is 0.190. The van der Waals surface area contributed by atoms with Crippen LogP contribution in [0.5, 0.6) is 11.5 Å². The molecule has 3 aromatic rings. The third-order valence-corrected chi connectivity index (χ3v) is 4.05. The number of rotatable bonds is 6. The fourth-order valence-corrected chi connectivity index (χ4v) is 2.78. The standard InChI is InChI=1S/C21H21N3O3/c1-14-10-17(21(25)24-20-18(26-3)7-5-9-23-20)11-15(2)19(14)27-13-16-6-4-8-22-12-16/h4-12H,13H2,1-3H3,(H,23,24,25). The first-order valence-electron chi connectivity index (χ1n) is 8.52. The summed E-state index contributed by atoms with van der Waals surface area (Å²) in [6.45, 7) is 4.26. The van der Waals surface area contributed by atoms with E-state index in [2.05, 4.69) is 15.3 Å². The molecule has 2 heterocycles. The van der Waals surface area contributed by atoms with E-state index in [1.807, 2.05) is 26.0 Å². The van der Waals surface area contributed by atoms with Crippen LogP contribution in [-0.4, -0.2) is 23.0 Å². The molecule has 1 amide bonds. The molecule has 0 unspecified atom stereocenters. The first kappa shape index (κ1) is 18.4. The van der Waals surface area contributed by atoms with E-state index >= 15 is 0 Å². The second kappa shape index (κ2) is 8.31. The minimum atomic E-state index is -0.253. The number of hydrogen-bond donors (Lipinski definition) is 1. The van der Waals surface area contributed by atoms with Crippen molar-refractivity contribution < 1.29 is 14.3 Å². The number of benzene rings is 1. The molecule has 0 saturated heterocycles. The zero-order valence-electron chi connectivity index (χ0n) is 15.5. The predicted molar refractivity (Wildman–Crippen MR) is 103 cm³/mol. The van der Waals surface area contributed by atoms with E-state index in [9.17, 15) is 4.79 Å². The topological polar surface area (TPSA) is 73.3 Å². The van der Waals surface area contributed by atoms with Crippen molar-refractivity contribution in [1.29, 1.82) is 0 Å². The van der Waals surface area contributed by atoms with Crippen molar-refractivity contribution in [2.24, 2.45) is 0 Å². The Morgan fingerprint density at radius 1 is 1.11 bits per heavy atom. The number of hydrogen-bond acceptors (Lipinski definition) is 5. The molecule has 0 bridgehead atoms. The molecule has 0 atom stereocenters. The summed E-state index contributed by atoms with van der Waals surface area (Å²) in [6.07, 6.45) is 5.10. The third kappa shape index (κ3) is 4.41. The molecule has 2 aromatic heterocycles. The number of amides is 1. The van der Waals surface area contributed by atoms with Crippen LogP contribution >= 0.6 is 0 Å². The number of methoxy groups -OCH3 is 1. The normalized spacial score (nSPS) is 10.3. The Morgan fingerprint density at radius 3 is 2.52 bits per heavy atom. The van der Waals surface area contributed by atoms with E-state index < -0.39 is 0 Å². The van der Waals surface area contributed by atoms with Crippen LogP contribution in [0.4, 0.5) is 5.82 Å². The van der Waals surface area contributed by atoms with Gasteiger partial charge >= 0.3 is 0 Å². The molecule has 1 aromatic carbocycles. The van der Waals surface area contributed by atoms with Crippen LogP contribution in [0.15, 0.2) is 55.0 Å². The Bertz CT molecular complexity index is 919. The van der Waals surface area contributed by atoms with Gasteiger partial charge in [0, 0.05) is 29.7 Å². The highest BCUT2D eigenvalue weighted by Crippen LogP contribution is 2.27. The highest BCUT2D eigenvalue weighted by molar-refractivity contribution is 6.04. The lowest BCUT2D eigenvalue weighted by atomic mass is 10.0. The Balaban J connectivity index is 1.76. The summed E-state index contributed by atoms with van der Waals surface area (Å²) in [7, 11) is 1.54. The van der Waals surface area contributed by atoms with Gasteiger partial charge in [0.25, 0.3) is 5.91 Å². The second-order valence-electron chi connectivity index (χ2n) is 6.10. The molecule has 1 N–H and O–H groups in total. The van der Waals surface area contributed by atoms with Gasteiger partial charge in [-0.3, -0.25) is 9.78 Å². The van der Waals surface area contributed by atoms with Crippen molar-refractivity contribution in [2.45, 2.75) is 20.5 Å². The van der Waals surface area contributed by atoms with Crippen LogP contribution in [0.1, 0.15) is 27.0 Å². The zero-order chi connectivity index (χ0) is 19.2. The minimum Gasteiger partial charge on any atom is -0.493 e. The van der Waals surface area contributed by atoms with E-state index in [0.717, 1.165) is 22.4 Å². The van der Waals surface area contributed by atoms with Crippen molar-refractivity contribution in [3.8, 4) is 11.5 Å². The lowest BCUT2D eigenvalue weighted by molar-refractivity contribution is 0.102. The first-order chi connectivity index (χ1) is 13.1. The monoisotopic (exact) mass is 363 g/mol. The quantitative estimate of drug-likeness (QED) is 0.718. The maximum absolute atomic E-state index is 12.6. The maximum Gasteiger partial charge on any atom is 0.256 e. The first-order valence-corrected chi connectivity index (χ1v) is 8.52. The van der Waals surface area contributed by atoms with E-state index in [4.69, 9.17) is 9.47 Å².